The standard InChI is InChI=1S/C11H17N5O2/c1-17-9-10(15-12)13-6-14-11(9)16-4-7-2-3-8(5-16)18-7/h6-8H,2-5,12H2,1H3,(H,13,14,15). The first-order valence-electron chi connectivity index (χ1n) is 6.08. The number of fused-ring (bicyclic) bond motifs is 2. The van der Waals surface area contributed by atoms with E-state index in [4.69, 9.17) is 15.3 Å². The number of hydrogen-bond donors (Lipinski definition) is 2. The lowest BCUT2D eigenvalue weighted by atomic mass is 10.2. The van der Waals surface area contributed by atoms with E-state index in [1.807, 2.05) is 0 Å². The molecule has 2 atom stereocenters. The van der Waals surface area contributed by atoms with Gasteiger partial charge in [0.15, 0.2) is 11.6 Å². The third kappa shape index (κ3) is 1.85. The number of hydrogen-bond acceptors (Lipinski definition) is 7. The molecule has 0 amide bonds. The molecule has 98 valence electrons. The molecule has 1 aromatic heterocycles. The van der Waals surface area contributed by atoms with E-state index in [2.05, 4.69) is 20.3 Å². The fraction of sp³-hybridized carbons (Fsp3) is 0.636. The van der Waals surface area contributed by atoms with Crippen molar-refractivity contribution in [1.29, 1.82) is 0 Å². The van der Waals surface area contributed by atoms with Crippen LogP contribution in [0.2, 0.25) is 0 Å². The molecule has 2 aliphatic heterocycles. The summed E-state index contributed by atoms with van der Waals surface area (Å²) in [5, 5.41) is 0. The molecule has 7 heteroatoms. The second kappa shape index (κ2) is 4.58. The van der Waals surface area contributed by atoms with Crippen LogP contribution in [-0.2, 0) is 4.74 Å². The molecule has 0 radical (unpaired) electrons. The number of rotatable bonds is 3. The molecule has 0 aromatic carbocycles. The summed E-state index contributed by atoms with van der Waals surface area (Å²) in [5.41, 5.74) is 2.53. The number of nitrogens with one attached hydrogen (secondary N) is 1. The molecule has 3 rings (SSSR count). The van der Waals surface area contributed by atoms with Gasteiger partial charge in [-0.15, -0.1) is 0 Å². The molecule has 0 aliphatic carbocycles. The summed E-state index contributed by atoms with van der Waals surface area (Å²) in [4.78, 5) is 10.6. The number of nitrogens with zero attached hydrogens (tertiary/aromatic N) is 3. The van der Waals surface area contributed by atoms with Crippen LogP contribution in [-0.4, -0.2) is 42.4 Å². The summed E-state index contributed by atoms with van der Waals surface area (Å²) in [7, 11) is 1.60. The molecule has 2 saturated heterocycles. The van der Waals surface area contributed by atoms with Crippen molar-refractivity contribution in [1.82, 2.24) is 9.97 Å². The van der Waals surface area contributed by atoms with Crippen LogP contribution < -0.4 is 20.9 Å². The molecular weight excluding hydrogens is 234 g/mol. The van der Waals surface area contributed by atoms with Gasteiger partial charge in [-0.2, -0.15) is 0 Å². The average Bonchev–Trinajstić information content (AvgIpc) is 2.76. The van der Waals surface area contributed by atoms with E-state index in [1.165, 1.54) is 6.33 Å². The highest BCUT2D eigenvalue weighted by molar-refractivity contribution is 5.64. The van der Waals surface area contributed by atoms with Gasteiger partial charge in [0.25, 0.3) is 0 Å². The zero-order valence-corrected chi connectivity index (χ0v) is 10.3. The Morgan fingerprint density at radius 3 is 2.72 bits per heavy atom. The fourth-order valence-corrected chi connectivity index (χ4v) is 2.67. The number of anilines is 2. The molecule has 2 aliphatic rings. The molecule has 3 N–H and O–H groups in total. The summed E-state index contributed by atoms with van der Waals surface area (Å²) in [6, 6.07) is 0. The van der Waals surface area contributed by atoms with Gasteiger partial charge < -0.3 is 19.8 Å². The fourth-order valence-electron chi connectivity index (χ4n) is 2.67. The van der Waals surface area contributed by atoms with Crippen LogP contribution in [0.4, 0.5) is 11.6 Å². The monoisotopic (exact) mass is 251 g/mol. The van der Waals surface area contributed by atoms with E-state index in [-0.39, 0.29) is 0 Å². The Morgan fingerprint density at radius 2 is 2.11 bits per heavy atom. The Labute approximate surface area is 105 Å². The smallest absolute Gasteiger partial charge is 0.205 e. The van der Waals surface area contributed by atoms with Gasteiger partial charge in [-0.25, -0.2) is 15.8 Å². The first-order chi connectivity index (χ1) is 8.81. The van der Waals surface area contributed by atoms with Crippen molar-refractivity contribution in [3.8, 4) is 5.75 Å². The first kappa shape index (κ1) is 11.5. The van der Waals surface area contributed by atoms with Crippen LogP contribution in [0.15, 0.2) is 6.33 Å². The topological polar surface area (TPSA) is 85.5 Å². The van der Waals surface area contributed by atoms with Gasteiger partial charge in [0, 0.05) is 13.1 Å². The minimum Gasteiger partial charge on any atom is -0.490 e. The Balaban J connectivity index is 1.91. The van der Waals surface area contributed by atoms with Crippen LogP contribution in [0.25, 0.3) is 0 Å². The highest BCUT2D eigenvalue weighted by Gasteiger charge is 2.35. The number of nitrogen functional groups attached to an aromatic ring is 1. The predicted octanol–water partition coefficient (Wildman–Crippen LogP) is 0.138. The van der Waals surface area contributed by atoms with E-state index in [0.717, 1.165) is 31.7 Å². The minimum absolute atomic E-state index is 0.303. The minimum atomic E-state index is 0.303. The van der Waals surface area contributed by atoms with Gasteiger partial charge >= 0.3 is 0 Å². The molecule has 0 saturated carbocycles. The largest absolute Gasteiger partial charge is 0.490 e. The number of hydrazine groups is 1. The molecule has 2 fully saturated rings. The number of aromatic nitrogens is 2. The molecule has 7 nitrogen and oxygen atoms in total. The van der Waals surface area contributed by atoms with Crippen LogP contribution in [0.5, 0.6) is 5.75 Å². The summed E-state index contributed by atoms with van der Waals surface area (Å²) in [5.74, 6) is 7.29. The molecule has 18 heavy (non-hydrogen) atoms. The van der Waals surface area contributed by atoms with Gasteiger partial charge in [0.05, 0.1) is 19.3 Å². The van der Waals surface area contributed by atoms with Crippen LogP contribution in [0.3, 0.4) is 0 Å². The van der Waals surface area contributed by atoms with Crippen LogP contribution in [0.1, 0.15) is 12.8 Å². The SMILES string of the molecule is COc1c(NN)ncnc1N1CC2CCC(C1)O2. The second-order valence-electron chi connectivity index (χ2n) is 4.59. The maximum Gasteiger partial charge on any atom is 0.205 e. The Hall–Kier alpha value is -1.60. The Bertz CT molecular complexity index is 429. The van der Waals surface area contributed by atoms with E-state index >= 15 is 0 Å². The van der Waals surface area contributed by atoms with Crippen molar-refractivity contribution < 1.29 is 9.47 Å². The van der Waals surface area contributed by atoms with Crippen LogP contribution in [0, 0.1) is 0 Å². The van der Waals surface area contributed by atoms with E-state index in [0.29, 0.717) is 23.8 Å². The predicted molar refractivity (Wildman–Crippen MR) is 66.5 cm³/mol. The molecular formula is C11H17N5O2. The molecule has 2 unspecified atom stereocenters. The highest BCUT2D eigenvalue weighted by Crippen LogP contribution is 2.35. The number of ether oxygens (including phenoxy) is 2. The zero-order chi connectivity index (χ0) is 12.5. The lowest BCUT2D eigenvalue weighted by Gasteiger charge is -2.33. The van der Waals surface area contributed by atoms with E-state index in [1.54, 1.807) is 7.11 Å². The van der Waals surface area contributed by atoms with E-state index < -0.39 is 0 Å². The normalized spacial score (nSPS) is 26.2. The van der Waals surface area contributed by atoms with Crippen molar-refractivity contribution in [2.45, 2.75) is 25.0 Å². The second-order valence-corrected chi connectivity index (χ2v) is 4.59. The Morgan fingerprint density at radius 1 is 1.39 bits per heavy atom. The summed E-state index contributed by atoms with van der Waals surface area (Å²) in [6.07, 6.45) is 4.34. The maximum absolute atomic E-state index is 5.81. The molecule has 2 bridgehead atoms. The van der Waals surface area contributed by atoms with Crippen molar-refractivity contribution in [3.05, 3.63) is 6.33 Å². The van der Waals surface area contributed by atoms with Crippen LogP contribution >= 0.6 is 0 Å². The zero-order valence-electron chi connectivity index (χ0n) is 10.3. The number of morpholine rings is 1. The summed E-state index contributed by atoms with van der Waals surface area (Å²) in [6.45, 7) is 1.68. The van der Waals surface area contributed by atoms with Gasteiger partial charge in [-0.05, 0) is 12.8 Å². The number of nitrogens with two attached hydrogens (primary N) is 1. The van der Waals surface area contributed by atoms with Gasteiger partial charge in [-0.3, -0.25) is 0 Å². The van der Waals surface area contributed by atoms with Gasteiger partial charge in [0.2, 0.25) is 5.75 Å². The highest BCUT2D eigenvalue weighted by atomic mass is 16.5. The molecule has 1 aromatic rings. The van der Waals surface area contributed by atoms with Crippen molar-refractivity contribution >= 4 is 11.6 Å². The van der Waals surface area contributed by atoms with E-state index in [9.17, 15) is 0 Å². The number of methoxy groups -OCH3 is 1. The third-order valence-corrected chi connectivity index (χ3v) is 3.47. The molecule has 0 spiro atoms. The molecule has 3 heterocycles. The summed E-state index contributed by atoms with van der Waals surface area (Å²) < 4.78 is 11.2. The maximum atomic E-state index is 5.81. The lowest BCUT2D eigenvalue weighted by molar-refractivity contribution is 0.0300. The van der Waals surface area contributed by atoms with Crippen molar-refractivity contribution in [3.63, 3.8) is 0 Å². The average molecular weight is 251 g/mol. The first-order valence-corrected chi connectivity index (χ1v) is 6.08. The third-order valence-electron chi connectivity index (χ3n) is 3.47. The lowest BCUT2D eigenvalue weighted by Crippen LogP contribution is -2.43. The van der Waals surface area contributed by atoms with Gasteiger partial charge in [0.1, 0.15) is 6.33 Å². The quantitative estimate of drug-likeness (QED) is 0.583. The van der Waals surface area contributed by atoms with Crippen molar-refractivity contribution in [2.75, 3.05) is 30.5 Å². The van der Waals surface area contributed by atoms with Crippen molar-refractivity contribution in [2.24, 2.45) is 5.84 Å². The summed E-state index contributed by atoms with van der Waals surface area (Å²) >= 11 is 0. The Kier molecular flexibility index (Phi) is 2.92. The van der Waals surface area contributed by atoms with Gasteiger partial charge in [-0.1, -0.05) is 0 Å².